The second-order valence-electron chi connectivity index (χ2n) is 2.00. The average Bonchev–Trinajstić information content (AvgIpc) is 2.17. The van der Waals surface area contributed by atoms with Gasteiger partial charge < -0.3 is 0 Å². The molecule has 0 spiro atoms. The maximum absolute atomic E-state index is 3.23. The van der Waals surface area contributed by atoms with E-state index in [0.29, 0.717) is 0 Å². The van der Waals surface area contributed by atoms with Gasteiger partial charge in [-0.05, 0) is 12.8 Å². The molecule has 2 radical (unpaired) electrons. The summed E-state index contributed by atoms with van der Waals surface area (Å²) in [7, 11) is 0. The third kappa shape index (κ3) is 0.243. The second kappa shape index (κ2) is 0.784. The van der Waals surface area contributed by atoms with E-state index in [1.807, 2.05) is 0 Å². The molecule has 0 aromatic heterocycles. The van der Waals surface area contributed by atoms with Crippen molar-refractivity contribution in [1.29, 1.82) is 0 Å². The van der Waals surface area contributed by atoms with Crippen LogP contribution in [0, 0.1) is 6.54 Å². The van der Waals surface area contributed by atoms with Gasteiger partial charge in [-0.3, -0.25) is 4.90 Å². The van der Waals surface area contributed by atoms with Crippen molar-refractivity contribution in [1.82, 2.24) is 4.90 Å². The largest absolute Gasteiger partial charge is 0.288 e. The average molecular weight is 81.1 g/mol. The fraction of sp³-hybridized carbons (Fsp3) is 0.800. The standard InChI is InChI=1S/C5H7N/c1-2-5-4-6(5)3-1/h5H,1-2,4H2. The SMILES string of the molecule is [C]1CCC2CN12. The molecule has 2 aliphatic heterocycles. The van der Waals surface area contributed by atoms with Crippen molar-refractivity contribution in [2.45, 2.75) is 18.9 Å². The molecule has 0 saturated carbocycles. The fourth-order valence-corrected chi connectivity index (χ4v) is 0.995. The molecule has 2 rings (SSSR count). The van der Waals surface area contributed by atoms with Crippen molar-refractivity contribution in [3.8, 4) is 0 Å². The lowest BCUT2D eigenvalue weighted by Crippen LogP contribution is -1.81. The third-order valence-corrected chi connectivity index (χ3v) is 1.51. The zero-order valence-corrected chi connectivity index (χ0v) is 3.65. The summed E-state index contributed by atoms with van der Waals surface area (Å²) >= 11 is 0. The van der Waals surface area contributed by atoms with Crippen LogP contribution in [0.5, 0.6) is 0 Å². The number of nitrogens with zero attached hydrogens (tertiary/aromatic N) is 1. The van der Waals surface area contributed by atoms with Crippen LogP contribution < -0.4 is 0 Å². The Hall–Kier alpha value is -0.0400. The summed E-state index contributed by atoms with van der Waals surface area (Å²) in [5.41, 5.74) is 0. The molecule has 0 aromatic rings. The van der Waals surface area contributed by atoms with Crippen LogP contribution in [0.2, 0.25) is 0 Å². The molecule has 32 valence electrons. The first-order valence-electron chi connectivity index (χ1n) is 2.47. The van der Waals surface area contributed by atoms with Gasteiger partial charge in [0.15, 0.2) is 0 Å². The van der Waals surface area contributed by atoms with E-state index in [1.165, 1.54) is 19.4 Å². The Bertz CT molecular complexity index is 62.3. The summed E-state index contributed by atoms with van der Waals surface area (Å²) in [4.78, 5) is 2.28. The van der Waals surface area contributed by atoms with Gasteiger partial charge in [0.25, 0.3) is 0 Å². The number of rotatable bonds is 0. The van der Waals surface area contributed by atoms with E-state index >= 15 is 0 Å². The van der Waals surface area contributed by atoms with E-state index in [1.54, 1.807) is 0 Å². The Labute approximate surface area is 37.9 Å². The van der Waals surface area contributed by atoms with Gasteiger partial charge in [0.1, 0.15) is 0 Å². The minimum Gasteiger partial charge on any atom is -0.288 e. The van der Waals surface area contributed by atoms with Crippen LogP contribution in [0.15, 0.2) is 0 Å². The van der Waals surface area contributed by atoms with Gasteiger partial charge in [0, 0.05) is 12.6 Å². The summed E-state index contributed by atoms with van der Waals surface area (Å²) in [5.74, 6) is 0. The highest BCUT2D eigenvalue weighted by atomic mass is 15.3. The Morgan fingerprint density at radius 1 is 1.67 bits per heavy atom. The predicted octanol–water partition coefficient (Wildman–Crippen LogP) is 0.503. The predicted molar refractivity (Wildman–Crippen MR) is 23.0 cm³/mol. The molecule has 6 heavy (non-hydrogen) atoms. The third-order valence-electron chi connectivity index (χ3n) is 1.51. The van der Waals surface area contributed by atoms with Crippen molar-refractivity contribution in [3.05, 3.63) is 6.54 Å². The fourth-order valence-electron chi connectivity index (χ4n) is 0.995. The lowest BCUT2D eigenvalue weighted by atomic mass is 10.3. The Morgan fingerprint density at radius 2 is 2.67 bits per heavy atom. The molecular formula is C5H7N. The van der Waals surface area contributed by atoms with E-state index in [2.05, 4.69) is 11.4 Å². The first kappa shape index (κ1) is 3.03. The van der Waals surface area contributed by atoms with Crippen LogP contribution in [0.1, 0.15) is 12.8 Å². The molecule has 2 saturated heterocycles. The van der Waals surface area contributed by atoms with Crippen molar-refractivity contribution in [2.24, 2.45) is 0 Å². The maximum Gasteiger partial charge on any atom is 0.0619 e. The highest BCUT2D eigenvalue weighted by Gasteiger charge is 2.38. The minimum atomic E-state index is 0.935. The lowest BCUT2D eigenvalue weighted by molar-refractivity contribution is 0.682. The van der Waals surface area contributed by atoms with Crippen LogP contribution in [-0.4, -0.2) is 17.5 Å². The van der Waals surface area contributed by atoms with Gasteiger partial charge in [-0.25, -0.2) is 0 Å². The second-order valence-corrected chi connectivity index (χ2v) is 2.00. The molecule has 0 bridgehead atoms. The van der Waals surface area contributed by atoms with Crippen LogP contribution in [-0.2, 0) is 0 Å². The van der Waals surface area contributed by atoms with E-state index in [0.717, 1.165) is 6.04 Å². The molecule has 2 aliphatic rings. The Kier molecular flexibility index (Phi) is 0.396. The van der Waals surface area contributed by atoms with Gasteiger partial charge >= 0.3 is 0 Å². The number of hydrogen-bond donors (Lipinski definition) is 0. The number of hydrogen-bond acceptors (Lipinski definition) is 1. The first-order chi connectivity index (χ1) is 2.97. The monoisotopic (exact) mass is 81.1 g/mol. The smallest absolute Gasteiger partial charge is 0.0619 e. The van der Waals surface area contributed by atoms with Crippen molar-refractivity contribution in [3.63, 3.8) is 0 Å². The van der Waals surface area contributed by atoms with Crippen molar-refractivity contribution in [2.75, 3.05) is 6.54 Å². The van der Waals surface area contributed by atoms with E-state index in [9.17, 15) is 0 Å². The molecule has 2 atom stereocenters. The summed E-state index contributed by atoms with van der Waals surface area (Å²) < 4.78 is 0. The summed E-state index contributed by atoms with van der Waals surface area (Å²) in [6.07, 6.45) is 2.59. The summed E-state index contributed by atoms with van der Waals surface area (Å²) in [6.45, 7) is 4.53. The quantitative estimate of drug-likeness (QED) is 0.384. The first-order valence-corrected chi connectivity index (χ1v) is 2.47. The van der Waals surface area contributed by atoms with Crippen LogP contribution in [0.4, 0.5) is 0 Å². The molecule has 0 N–H and O–H groups in total. The van der Waals surface area contributed by atoms with Gasteiger partial charge in [-0.15, -0.1) is 0 Å². The van der Waals surface area contributed by atoms with Crippen LogP contribution >= 0.6 is 0 Å². The molecule has 2 unspecified atom stereocenters. The summed E-state index contributed by atoms with van der Waals surface area (Å²) in [5, 5.41) is 0. The highest BCUT2D eigenvalue weighted by molar-refractivity contribution is 5.00. The van der Waals surface area contributed by atoms with Gasteiger partial charge in [-0.2, -0.15) is 0 Å². The molecule has 1 nitrogen and oxygen atoms in total. The number of fused-ring (bicyclic) bond motifs is 1. The van der Waals surface area contributed by atoms with Gasteiger partial charge in [-0.1, -0.05) is 0 Å². The summed E-state index contributed by atoms with van der Waals surface area (Å²) in [6, 6.07) is 0.935. The zero-order valence-electron chi connectivity index (χ0n) is 3.65. The molecule has 0 aliphatic carbocycles. The lowest BCUT2D eigenvalue weighted by Gasteiger charge is -1.80. The van der Waals surface area contributed by atoms with Crippen LogP contribution in [0.25, 0.3) is 0 Å². The molecule has 2 fully saturated rings. The van der Waals surface area contributed by atoms with Crippen molar-refractivity contribution >= 4 is 0 Å². The maximum atomic E-state index is 3.23. The Morgan fingerprint density at radius 3 is 2.83 bits per heavy atom. The Balaban J connectivity index is 2.09. The van der Waals surface area contributed by atoms with E-state index in [4.69, 9.17) is 0 Å². The number of piperidine rings is 1. The zero-order chi connectivity index (χ0) is 3.98. The van der Waals surface area contributed by atoms with Crippen LogP contribution in [0.3, 0.4) is 0 Å². The van der Waals surface area contributed by atoms with E-state index < -0.39 is 0 Å². The molecule has 0 amide bonds. The molecular weight excluding hydrogens is 74.1 g/mol. The van der Waals surface area contributed by atoms with Gasteiger partial charge in [0.2, 0.25) is 0 Å². The molecule has 2 heterocycles. The van der Waals surface area contributed by atoms with E-state index in [-0.39, 0.29) is 0 Å². The highest BCUT2D eigenvalue weighted by Crippen LogP contribution is 2.32. The minimum absolute atomic E-state index is 0.935. The molecule has 0 aromatic carbocycles. The molecule has 1 heteroatoms. The topological polar surface area (TPSA) is 3.01 Å². The van der Waals surface area contributed by atoms with Gasteiger partial charge in [0.05, 0.1) is 6.54 Å². The normalized spacial score (nSPS) is 52.0. The van der Waals surface area contributed by atoms with Crippen molar-refractivity contribution < 1.29 is 0 Å².